The highest BCUT2D eigenvalue weighted by Gasteiger charge is 2.08. The van der Waals surface area contributed by atoms with E-state index in [2.05, 4.69) is 5.32 Å². The Morgan fingerprint density at radius 3 is 2.57 bits per heavy atom. The van der Waals surface area contributed by atoms with Crippen molar-refractivity contribution in [3.05, 3.63) is 52.5 Å². The summed E-state index contributed by atoms with van der Waals surface area (Å²) in [4.78, 5) is 12.1. The van der Waals surface area contributed by atoms with E-state index in [1.54, 1.807) is 19.2 Å². The zero-order chi connectivity index (χ0) is 15.4. The number of anilines is 2. The summed E-state index contributed by atoms with van der Waals surface area (Å²) in [5.74, 6) is 0.657. The fourth-order valence-electron chi connectivity index (χ4n) is 1.96. The summed E-state index contributed by atoms with van der Waals surface area (Å²) in [6.07, 6.45) is 0.283. The number of rotatable bonds is 4. The molecule has 0 aromatic heterocycles. The van der Waals surface area contributed by atoms with Crippen LogP contribution < -0.4 is 15.8 Å². The Hall–Kier alpha value is -2.20. The van der Waals surface area contributed by atoms with Crippen molar-refractivity contribution in [2.24, 2.45) is 0 Å². The van der Waals surface area contributed by atoms with Crippen molar-refractivity contribution in [1.82, 2.24) is 0 Å². The van der Waals surface area contributed by atoms with Crippen molar-refractivity contribution in [3.8, 4) is 5.75 Å². The first-order valence-electron chi connectivity index (χ1n) is 6.48. The Kier molecular flexibility index (Phi) is 4.70. The second-order valence-electron chi connectivity index (χ2n) is 4.76. The molecule has 1 amide bonds. The molecule has 4 nitrogen and oxygen atoms in total. The Morgan fingerprint density at radius 2 is 1.95 bits per heavy atom. The number of carbonyl (C=O) groups is 1. The molecule has 0 unspecified atom stereocenters. The lowest BCUT2D eigenvalue weighted by Gasteiger charge is -2.10. The second-order valence-corrected chi connectivity index (χ2v) is 5.17. The molecule has 3 N–H and O–H groups in total. The minimum Gasteiger partial charge on any atom is -0.497 e. The van der Waals surface area contributed by atoms with Crippen molar-refractivity contribution in [1.29, 1.82) is 0 Å². The van der Waals surface area contributed by atoms with Gasteiger partial charge in [0.1, 0.15) is 5.75 Å². The van der Waals surface area contributed by atoms with Crippen LogP contribution in [0, 0.1) is 6.92 Å². The first kappa shape index (κ1) is 15.2. The third kappa shape index (κ3) is 3.89. The van der Waals surface area contributed by atoms with Crippen LogP contribution in [-0.2, 0) is 11.2 Å². The van der Waals surface area contributed by atoms with Crippen molar-refractivity contribution in [2.45, 2.75) is 13.3 Å². The molecule has 21 heavy (non-hydrogen) atoms. The van der Waals surface area contributed by atoms with Crippen LogP contribution in [0.2, 0.25) is 5.02 Å². The highest BCUT2D eigenvalue weighted by atomic mass is 35.5. The van der Waals surface area contributed by atoms with Gasteiger partial charge in [0.05, 0.1) is 24.2 Å². The minimum atomic E-state index is -0.107. The third-order valence-corrected chi connectivity index (χ3v) is 3.47. The Balaban J connectivity index is 2.06. The SMILES string of the molecule is COc1ccc(CC(=O)Nc2cc(Cl)c(N)cc2C)cc1. The summed E-state index contributed by atoms with van der Waals surface area (Å²) in [7, 11) is 1.61. The summed E-state index contributed by atoms with van der Waals surface area (Å²) >= 11 is 5.97. The molecule has 0 aliphatic carbocycles. The number of halogens is 1. The van der Waals surface area contributed by atoms with Gasteiger partial charge in [0.25, 0.3) is 0 Å². The Bertz CT molecular complexity index is 654. The van der Waals surface area contributed by atoms with E-state index in [-0.39, 0.29) is 12.3 Å². The fraction of sp³-hybridized carbons (Fsp3) is 0.188. The number of benzene rings is 2. The number of nitrogens with one attached hydrogen (secondary N) is 1. The molecule has 5 heteroatoms. The number of aryl methyl sites for hydroxylation is 1. The summed E-state index contributed by atoms with van der Waals surface area (Å²) in [6.45, 7) is 1.87. The number of hydrogen-bond donors (Lipinski definition) is 2. The van der Waals surface area contributed by atoms with Crippen LogP contribution in [-0.4, -0.2) is 13.0 Å². The van der Waals surface area contributed by atoms with Crippen LogP contribution >= 0.6 is 11.6 Å². The highest BCUT2D eigenvalue weighted by Crippen LogP contribution is 2.26. The van der Waals surface area contributed by atoms with Gasteiger partial charge in [-0.25, -0.2) is 0 Å². The number of nitrogen functional groups attached to an aromatic ring is 1. The first-order valence-corrected chi connectivity index (χ1v) is 6.86. The van der Waals surface area contributed by atoms with Gasteiger partial charge in [-0.15, -0.1) is 0 Å². The lowest BCUT2D eigenvalue weighted by Crippen LogP contribution is -2.15. The fourth-order valence-corrected chi connectivity index (χ4v) is 2.13. The lowest BCUT2D eigenvalue weighted by molar-refractivity contribution is -0.115. The molecule has 0 saturated carbocycles. The van der Waals surface area contributed by atoms with E-state index < -0.39 is 0 Å². The molecule has 110 valence electrons. The summed E-state index contributed by atoms with van der Waals surface area (Å²) in [5, 5.41) is 3.28. The van der Waals surface area contributed by atoms with Crippen LogP contribution in [0.1, 0.15) is 11.1 Å². The van der Waals surface area contributed by atoms with E-state index in [1.165, 1.54) is 0 Å². The molecule has 0 radical (unpaired) electrons. The van der Waals surface area contributed by atoms with Crippen LogP contribution in [0.4, 0.5) is 11.4 Å². The van der Waals surface area contributed by atoms with E-state index in [0.717, 1.165) is 16.9 Å². The molecule has 2 aromatic rings. The lowest BCUT2D eigenvalue weighted by atomic mass is 10.1. The predicted octanol–water partition coefficient (Wildman–Crippen LogP) is 3.42. The van der Waals surface area contributed by atoms with Crippen LogP contribution in [0.25, 0.3) is 0 Å². The molecule has 0 fully saturated rings. The smallest absolute Gasteiger partial charge is 0.228 e. The molecular formula is C16H17ClN2O2. The Labute approximate surface area is 128 Å². The molecule has 2 aromatic carbocycles. The van der Waals surface area contributed by atoms with Crippen molar-refractivity contribution in [3.63, 3.8) is 0 Å². The summed E-state index contributed by atoms with van der Waals surface area (Å²) in [6, 6.07) is 10.8. The Morgan fingerprint density at radius 1 is 1.29 bits per heavy atom. The molecule has 0 spiro atoms. The number of ether oxygens (including phenoxy) is 1. The number of methoxy groups -OCH3 is 1. The molecular weight excluding hydrogens is 288 g/mol. The molecule has 2 rings (SSSR count). The quantitative estimate of drug-likeness (QED) is 0.851. The number of amides is 1. The zero-order valence-corrected chi connectivity index (χ0v) is 12.7. The van der Waals surface area contributed by atoms with E-state index in [0.29, 0.717) is 16.4 Å². The highest BCUT2D eigenvalue weighted by molar-refractivity contribution is 6.33. The predicted molar refractivity (Wildman–Crippen MR) is 85.9 cm³/mol. The third-order valence-electron chi connectivity index (χ3n) is 3.14. The van der Waals surface area contributed by atoms with Crippen LogP contribution in [0.5, 0.6) is 5.75 Å². The average Bonchev–Trinajstić information content (AvgIpc) is 2.45. The standard InChI is InChI=1S/C16H17ClN2O2/c1-10-7-14(18)13(17)9-15(10)19-16(20)8-11-3-5-12(21-2)6-4-11/h3-7,9H,8,18H2,1-2H3,(H,19,20). The maximum absolute atomic E-state index is 12.1. The van der Waals surface area contributed by atoms with Gasteiger partial charge in [0, 0.05) is 5.69 Å². The molecule has 0 bridgehead atoms. The normalized spacial score (nSPS) is 10.2. The van der Waals surface area contributed by atoms with Gasteiger partial charge < -0.3 is 15.8 Å². The molecule has 0 heterocycles. The molecule has 0 atom stereocenters. The van der Waals surface area contributed by atoms with E-state index in [1.807, 2.05) is 31.2 Å². The number of hydrogen-bond acceptors (Lipinski definition) is 3. The van der Waals surface area contributed by atoms with Gasteiger partial charge >= 0.3 is 0 Å². The van der Waals surface area contributed by atoms with Crippen molar-refractivity contribution >= 4 is 28.9 Å². The molecule has 0 aliphatic heterocycles. The van der Waals surface area contributed by atoms with Gasteiger partial charge in [-0.3, -0.25) is 4.79 Å². The van der Waals surface area contributed by atoms with E-state index >= 15 is 0 Å². The van der Waals surface area contributed by atoms with Gasteiger partial charge in [0.15, 0.2) is 0 Å². The van der Waals surface area contributed by atoms with Gasteiger partial charge in [0.2, 0.25) is 5.91 Å². The largest absolute Gasteiger partial charge is 0.497 e. The van der Waals surface area contributed by atoms with Gasteiger partial charge in [-0.1, -0.05) is 23.7 Å². The van der Waals surface area contributed by atoms with E-state index in [9.17, 15) is 4.79 Å². The van der Waals surface area contributed by atoms with Crippen LogP contribution in [0.3, 0.4) is 0 Å². The maximum atomic E-state index is 12.1. The minimum absolute atomic E-state index is 0.107. The average molecular weight is 305 g/mol. The number of nitrogens with two attached hydrogens (primary N) is 1. The zero-order valence-electron chi connectivity index (χ0n) is 11.9. The summed E-state index contributed by atoms with van der Waals surface area (Å²) in [5.41, 5.74) is 8.68. The summed E-state index contributed by atoms with van der Waals surface area (Å²) < 4.78 is 5.08. The van der Waals surface area contributed by atoms with Gasteiger partial charge in [-0.2, -0.15) is 0 Å². The van der Waals surface area contributed by atoms with Gasteiger partial charge in [-0.05, 0) is 42.3 Å². The number of carbonyl (C=O) groups excluding carboxylic acids is 1. The topological polar surface area (TPSA) is 64.3 Å². The second kappa shape index (κ2) is 6.50. The maximum Gasteiger partial charge on any atom is 0.228 e. The first-order chi connectivity index (χ1) is 9.99. The van der Waals surface area contributed by atoms with Crippen LogP contribution in [0.15, 0.2) is 36.4 Å². The molecule has 0 aliphatic rings. The molecule has 0 saturated heterocycles. The van der Waals surface area contributed by atoms with Crippen molar-refractivity contribution in [2.75, 3.05) is 18.2 Å². The monoisotopic (exact) mass is 304 g/mol. The van der Waals surface area contributed by atoms with E-state index in [4.69, 9.17) is 22.1 Å². The van der Waals surface area contributed by atoms with Crippen molar-refractivity contribution < 1.29 is 9.53 Å².